The van der Waals surface area contributed by atoms with Crippen molar-refractivity contribution in [2.75, 3.05) is 28.3 Å². The van der Waals surface area contributed by atoms with Gasteiger partial charge >= 0.3 is 0 Å². The average Bonchev–Trinajstić information content (AvgIpc) is 3.24. The monoisotopic (exact) mass is 491 g/mol. The second-order valence-corrected chi connectivity index (χ2v) is 9.53. The summed E-state index contributed by atoms with van der Waals surface area (Å²) in [5.41, 5.74) is 3.37. The lowest BCUT2D eigenvalue weighted by Gasteiger charge is -2.20. The van der Waals surface area contributed by atoms with Gasteiger partial charge in [-0.1, -0.05) is 35.6 Å². The first-order valence-corrected chi connectivity index (χ1v) is 12.9. The number of thioether (sulfide) groups is 1. The Morgan fingerprint density at radius 2 is 1.82 bits per heavy atom. The fraction of sp³-hybridized carbons (Fsp3) is 0.192. The third-order valence-corrected chi connectivity index (χ3v) is 6.83. The number of aryl methyl sites for hydroxylation is 1. The van der Waals surface area contributed by atoms with Crippen LogP contribution < -0.4 is 15.0 Å². The van der Waals surface area contributed by atoms with Crippen LogP contribution in [-0.4, -0.2) is 34.9 Å². The molecule has 0 aliphatic carbocycles. The van der Waals surface area contributed by atoms with Crippen LogP contribution in [0.1, 0.15) is 12.5 Å². The zero-order chi connectivity index (χ0) is 23.9. The van der Waals surface area contributed by atoms with E-state index in [1.54, 1.807) is 4.90 Å². The maximum atomic E-state index is 13.3. The van der Waals surface area contributed by atoms with Crippen LogP contribution in [0.25, 0.3) is 10.2 Å². The van der Waals surface area contributed by atoms with E-state index < -0.39 is 0 Å². The van der Waals surface area contributed by atoms with Crippen LogP contribution in [0, 0.1) is 6.92 Å². The Hall–Kier alpha value is -3.36. The molecular weight excluding hydrogens is 466 g/mol. The summed E-state index contributed by atoms with van der Waals surface area (Å²) in [6.07, 6.45) is 0. The molecule has 3 aromatic carbocycles. The van der Waals surface area contributed by atoms with Crippen LogP contribution in [0.15, 0.2) is 72.8 Å². The topological polar surface area (TPSA) is 71.5 Å². The number of carbonyl (C=O) groups excluding carboxylic acids is 2. The van der Waals surface area contributed by atoms with Crippen molar-refractivity contribution in [2.45, 2.75) is 13.8 Å². The number of hydrogen-bond donors (Lipinski definition) is 1. The van der Waals surface area contributed by atoms with Gasteiger partial charge in [-0.05, 0) is 67.9 Å². The average molecular weight is 492 g/mol. The zero-order valence-electron chi connectivity index (χ0n) is 19.0. The van der Waals surface area contributed by atoms with Gasteiger partial charge in [-0.3, -0.25) is 14.5 Å². The number of ether oxygens (including phenoxy) is 1. The third kappa shape index (κ3) is 5.95. The molecule has 4 rings (SSSR count). The summed E-state index contributed by atoms with van der Waals surface area (Å²) in [4.78, 5) is 32.0. The molecule has 0 saturated heterocycles. The number of carbonyl (C=O) groups is 2. The van der Waals surface area contributed by atoms with Crippen LogP contribution in [-0.2, 0) is 9.59 Å². The highest BCUT2D eigenvalue weighted by molar-refractivity contribution is 8.00. The molecule has 1 heterocycles. The molecule has 0 unspecified atom stereocenters. The molecular formula is C26H25N3O3S2. The van der Waals surface area contributed by atoms with Crippen molar-refractivity contribution in [3.63, 3.8) is 0 Å². The van der Waals surface area contributed by atoms with Crippen LogP contribution in [0.4, 0.5) is 16.5 Å². The van der Waals surface area contributed by atoms with Gasteiger partial charge in [0.15, 0.2) is 5.13 Å². The molecule has 0 atom stereocenters. The first kappa shape index (κ1) is 23.8. The molecule has 2 amide bonds. The second-order valence-electron chi connectivity index (χ2n) is 7.53. The SMILES string of the molecule is CCOc1ccc(N(C(=O)CSCC(=O)Nc2cccc(C)c2)c2nc3ccccc3s2)cc1. The molecule has 0 spiro atoms. The number of nitrogens with zero attached hydrogens (tertiary/aromatic N) is 2. The molecule has 6 nitrogen and oxygen atoms in total. The van der Waals surface area contributed by atoms with Gasteiger partial charge in [0.2, 0.25) is 11.8 Å². The van der Waals surface area contributed by atoms with E-state index in [1.165, 1.54) is 23.1 Å². The molecule has 1 N–H and O–H groups in total. The van der Waals surface area contributed by atoms with E-state index in [4.69, 9.17) is 4.74 Å². The number of hydrogen-bond acceptors (Lipinski definition) is 6. The van der Waals surface area contributed by atoms with Crippen molar-refractivity contribution in [2.24, 2.45) is 0 Å². The van der Waals surface area contributed by atoms with E-state index in [0.717, 1.165) is 27.2 Å². The van der Waals surface area contributed by atoms with E-state index in [-0.39, 0.29) is 23.3 Å². The van der Waals surface area contributed by atoms with E-state index in [1.807, 2.05) is 86.6 Å². The second kappa shape index (κ2) is 11.2. The predicted octanol–water partition coefficient (Wildman–Crippen LogP) is 6.04. The van der Waals surface area contributed by atoms with Crippen LogP contribution >= 0.6 is 23.1 Å². The summed E-state index contributed by atoms with van der Waals surface area (Å²) in [5.74, 6) is 0.777. The normalized spacial score (nSPS) is 10.8. The molecule has 4 aromatic rings. The minimum atomic E-state index is -0.143. The lowest BCUT2D eigenvalue weighted by Crippen LogP contribution is -2.28. The summed E-state index contributed by atoms with van der Waals surface area (Å²) < 4.78 is 6.54. The van der Waals surface area contributed by atoms with Gasteiger partial charge in [0.05, 0.1) is 34.0 Å². The summed E-state index contributed by atoms with van der Waals surface area (Å²) in [6.45, 7) is 4.47. The number of fused-ring (bicyclic) bond motifs is 1. The maximum Gasteiger partial charge on any atom is 0.243 e. The van der Waals surface area contributed by atoms with Crippen molar-refractivity contribution in [3.05, 3.63) is 78.4 Å². The van der Waals surface area contributed by atoms with Crippen molar-refractivity contribution >= 4 is 61.6 Å². The Morgan fingerprint density at radius 1 is 1.03 bits per heavy atom. The van der Waals surface area contributed by atoms with E-state index in [9.17, 15) is 9.59 Å². The van der Waals surface area contributed by atoms with Crippen LogP contribution in [0.3, 0.4) is 0 Å². The van der Waals surface area contributed by atoms with E-state index in [0.29, 0.717) is 17.4 Å². The molecule has 8 heteroatoms. The highest BCUT2D eigenvalue weighted by Gasteiger charge is 2.22. The quantitative estimate of drug-likeness (QED) is 0.309. The van der Waals surface area contributed by atoms with Crippen molar-refractivity contribution in [3.8, 4) is 5.75 Å². The summed E-state index contributed by atoms with van der Waals surface area (Å²) in [6, 6.07) is 22.8. The number of benzene rings is 3. The van der Waals surface area contributed by atoms with Crippen molar-refractivity contribution in [1.29, 1.82) is 0 Å². The Kier molecular flexibility index (Phi) is 7.82. The standard InChI is InChI=1S/C26H25N3O3S2/c1-3-32-21-13-11-20(12-14-21)29(26-28-22-9-4-5-10-23(22)34-26)25(31)17-33-16-24(30)27-19-8-6-7-18(2)15-19/h4-15H,3,16-17H2,1-2H3,(H,27,30). The van der Waals surface area contributed by atoms with E-state index in [2.05, 4.69) is 10.3 Å². The number of anilines is 3. The molecule has 0 fully saturated rings. The number of nitrogens with one attached hydrogen (secondary N) is 1. The summed E-state index contributed by atoms with van der Waals surface area (Å²) >= 11 is 2.74. The molecule has 0 aliphatic heterocycles. The van der Waals surface area contributed by atoms with Crippen LogP contribution in [0.2, 0.25) is 0 Å². The molecule has 1 aromatic heterocycles. The highest BCUT2D eigenvalue weighted by Crippen LogP contribution is 2.34. The smallest absolute Gasteiger partial charge is 0.243 e. The molecule has 0 saturated carbocycles. The Labute approximate surface area is 207 Å². The van der Waals surface area contributed by atoms with Gasteiger partial charge in [-0.25, -0.2) is 4.98 Å². The number of rotatable bonds is 9. The molecule has 34 heavy (non-hydrogen) atoms. The first-order valence-electron chi connectivity index (χ1n) is 10.9. The minimum absolute atomic E-state index is 0.142. The zero-order valence-corrected chi connectivity index (χ0v) is 20.6. The van der Waals surface area contributed by atoms with Gasteiger partial charge in [-0.15, -0.1) is 11.8 Å². The first-order chi connectivity index (χ1) is 16.5. The van der Waals surface area contributed by atoms with Crippen LogP contribution in [0.5, 0.6) is 5.75 Å². The number of thiazole rings is 1. The Balaban J connectivity index is 1.47. The van der Waals surface area contributed by atoms with E-state index >= 15 is 0 Å². The fourth-order valence-electron chi connectivity index (χ4n) is 3.39. The van der Waals surface area contributed by atoms with Gasteiger partial charge in [-0.2, -0.15) is 0 Å². The number of amides is 2. The molecule has 0 bridgehead atoms. The Morgan fingerprint density at radius 3 is 2.56 bits per heavy atom. The largest absolute Gasteiger partial charge is 0.494 e. The van der Waals surface area contributed by atoms with Gasteiger partial charge in [0, 0.05) is 5.69 Å². The maximum absolute atomic E-state index is 13.3. The highest BCUT2D eigenvalue weighted by atomic mass is 32.2. The van der Waals surface area contributed by atoms with Gasteiger partial charge in [0.25, 0.3) is 0 Å². The molecule has 0 aliphatic rings. The Bertz CT molecular complexity index is 1250. The lowest BCUT2D eigenvalue weighted by molar-refractivity contribution is -0.115. The van der Waals surface area contributed by atoms with Crippen molar-refractivity contribution in [1.82, 2.24) is 4.98 Å². The summed E-state index contributed by atoms with van der Waals surface area (Å²) in [7, 11) is 0. The fourth-order valence-corrected chi connectivity index (χ4v) is 5.06. The van der Waals surface area contributed by atoms with Gasteiger partial charge < -0.3 is 10.1 Å². The predicted molar refractivity (Wildman–Crippen MR) is 142 cm³/mol. The molecule has 0 radical (unpaired) electrons. The lowest BCUT2D eigenvalue weighted by atomic mass is 10.2. The minimum Gasteiger partial charge on any atom is -0.494 e. The van der Waals surface area contributed by atoms with Gasteiger partial charge in [0.1, 0.15) is 5.75 Å². The number of para-hydroxylation sites is 1. The van der Waals surface area contributed by atoms with Crippen molar-refractivity contribution < 1.29 is 14.3 Å². The molecule has 174 valence electrons. The summed E-state index contributed by atoms with van der Waals surface area (Å²) in [5, 5.41) is 3.47. The third-order valence-electron chi connectivity index (χ3n) is 4.89. The number of aromatic nitrogens is 1.